The lowest BCUT2D eigenvalue weighted by atomic mass is 10.2. The average Bonchev–Trinajstić information content (AvgIpc) is 2.88. The van der Waals surface area contributed by atoms with Gasteiger partial charge in [0.05, 0.1) is 18.8 Å². The summed E-state index contributed by atoms with van der Waals surface area (Å²) in [6.07, 6.45) is 2.46. The molecular weight excluding hydrogens is 244 g/mol. The second kappa shape index (κ2) is 5.36. The molecule has 6 heteroatoms. The molecule has 1 aromatic heterocycles. The molecule has 86 valence electrons. The van der Waals surface area contributed by atoms with Crippen molar-refractivity contribution in [3.63, 3.8) is 0 Å². The SMILES string of the molecule is O=C1SCCC1NC(=S)NCc1ccco1. The fourth-order valence-corrected chi connectivity index (χ4v) is 2.56. The Morgan fingerprint density at radius 1 is 1.69 bits per heavy atom. The lowest BCUT2D eigenvalue weighted by Gasteiger charge is -2.13. The number of rotatable bonds is 3. The summed E-state index contributed by atoms with van der Waals surface area (Å²) in [5.41, 5.74) is 0. The summed E-state index contributed by atoms with van der Waals surface area (Å²) in [7, 11) is 0. The third-order valence-corrected chi connectivity index (χ3v) is 3.52. The number of thiocarbonyl (C=S) groups is 1. The maximum atomic E-state index is 11.3. The maximum Gasteiger partial charge on any atom is 0.211 e. The van der Waals surface area contributed by atoms with Gasteiger partial charge in [-0.1, -0.05) is 11.8 Å². The van der Waals surface area contributed by atoms with E-state index >= 15 is 0 Å². The van der Waals surface area contributed by atoms with E-state index in [2.05, 4.69) is 10.6 Å². The molecule has 0 saturated carbocycles. The lowest BCUT2D eigenvalue weighted by molar-refractivity contribution is -0.111. The van der Waals surface area contributed by atoms with Crippen LogP contribution in [0.25, 0.3) is 0 Å². The van der Waals surface area contributed by atoms with Crippen molar-refractivity contribution in [2.24, 2.45) is 0 Å². The van der Waals surface area contributed by atoms with Crippen molar-refractivity contribution in [3.05, 3.63) is 24.2 Å². The summed E-state index contributed by atoms with van der Waals surface area (Å²) in [5.74, 6) is 1.69. The van der Waals surface area contributed by atoms with Crippen LogP contribution in [0, 0.1) is 0 Å². The summed E-state index contributed by atoms with van der Waals surface area (Å²) in [6, 6.07) is 3.55. The maximum absolute atomic E-state index is 11.3. The molecule has 1 fully saturated rings. The molecule has 4 nitrogen and oxygen atoms in total. The van der Waals surface area contributed by atoms with Gasteiger partial charge < -0.3 is 15.1 Å². The first-order valence-electron chi connectivity index (χ1n) is 4.99. The number of hydrogen-bond acceptors (Lipinski definition) is 4. The smallest absolute Gasteiger partial charge is 0.211 e. The summed E-state index contributed by atoms with van der Waals surface area (Å²) >= 11 is 6.45. The van der Waals surface area contributed by atoms with Gasteiger partial charge in [0.25, 0.3) is 0 Å². The van der Waals surface area contributed by atoms with E-state index in [4.69, 9.17) is 16.6 Å². The van der Waals surface area contributed by atoms with Crippen LogP contribution >= 0.6 is 24.0 Å². The van der Waals surface area contributed by atoms with Crippen LogP contribution in [0.5, 0.6) is 0 Å². The molecule has 2 rings (SSSR count). The quantitative estimate of drug-likeness (QED) is 0.795. The van der Waals surface area contributed by atoms with E-state index in [1.807, 2.05) is 12.1 Å². The van der Waals surface area contributed by atoms with Crippen molar-refractivity contribution in [1.82, 2.24) is 10.6 Å². The molecule has 0 bridgehead atoms. The van der Waals surface area contributed by atoms with Gasteiger partial charge in [-0.25, -0.2) is 0 Å². The predicted molar refractivity (Wildman–Crippen MR) is 67.2 cm³/mol. The van der Waals surface area contributed by atoms with Gasteiger partial charge in [-0.2, -0.15) is 0 Å². The Hall–Kier alpha value is -1.01. The number of thioether (sulfide) groups is 1. The molecule has 0 radical (unpaired) electrons. The molecule has 1 saturated heterocycles. The van der Waals surface area contributed by atoms with E-state index in [0.29, 0.717) is 11.7 Å². The third kappa shape index (κ3) is 2.99. The van der Waals surface area contributed by atoms with Crippen molar-refractivity contribution in [1.29, 1.82) is 0 Å². The minimum atomic E-state index is -0.137. The van der Waals surface area contributed by atoms with Gasteiger partial charge in [0.2, 0.25) is 5.12 Å². The van der Waals surface area contributed by atoms with Crippen LogP contribution in [0.2, 0.25) is 0 Å². The van der Waals surface area contributed by atoms with Crippen LogP contribution in [-0.2, 0) is 11.3 Å². The summed E-state index contributed by atoms with van der Waals surface area (Å²) in [5, 5.41) is 6.66. The molecular formula is C10H12N2O2S2. The number of carbonyl (C=O) groups is 1. The first kappa shape index (κ1) is 11.5. The number of furan rings is 1. The van der Waals surface area contributed by atoms with Crippen molar-refractivity contribution in [2.75, 3.05) is 5.75 Å². The van der Waals surface area contributed by atoms with E-state index in [9.17, 15) is 4.79 Å². The summed E-state index contributed by atoms with van der Waals surface area (Å²) < 4.78 is 5.15. The van der Waals surface area contributed by atoms with Gasteiger partial charge in [0, 0.05) is 5.75 Å². The molecule has 1 aliphatic rings. The van der Waals surface area contributed by atoms with Crippen LogP contribution in [0.1, 0.15) is 12.2 Å². The fourth-order valence-electron chi connectivity index (χ4n) is 1.42. The highest BCUT2D eigenvalue weighted by molar-refractivity contribution is 8.14. The van der Waals surface area contributed by atoms with E-state index in [1.165, 1.54) is 11.8 Å². The molecule has 1 aliphatic heterocycles. The first-order valence-corrected chi connectivity index (χ1v) is 6.38. The van der Waals surface area contributed by atoms with E-state index in [0.717, 1.165) is 17.9 Å². The van der Waals surface area contributed by atoms with Crippen molar-refractivity contribution >= 4 is 34.2 Å². The molecule has 2 N–H and O–H groups in total. The number of carbonyl (C=O) groups excluding carboxylic acids is 1. The number of hydrogen-bond donors (Lipinski definition) is 2. The summed E-state index contributed by atoms with van der Waals surface area (Å²) in [4.78, 5) is 11.3. The Balaban J connectivity index is 1.74. The minimum Gasteiger partial charge on any atom is -0.467 e. The third-order valence-electron chi connectivity index (χ3n) is 2.24. The van der Waals surface area contributed by atoms with Gasteiger partial charge in [-0.3, -0.25) is 4.79 Å². The van der Waals surface area contributed by atoms with Gasteiger partial charge in [0.15, 0.2) is 5.11 Å². The topological polar surface area (TPSA) is 54.3 Å². The minimum absolute atomic E-state index is 0.137. The van der Waals surface area contributed by atoms with E-state index < -0.39 is 0 Å². The van der Waals surface area contributed by atoms with Gasteiger partial charge in [-0.15, -0.1) is 0 Å². The molecule has 2 heterocycles. The lowest BCUT2D eigenvalue weighted by Crippen LogP contribution is -2.43. The molecule has 1 aromatic rings. The van der Waals surface area contributed by atoms with Crippen molar-refractivity contribution < 1.29 is 9.21 Å². The Labute approximate surface area is 103 Å². The van der Waals surface area contributed by atoms with E-state index in [-0.39, 0.29) is 11.2 Å². The zero-order chi connectivity index (χ0) is 11.4. The van der Waals surface area contributed by atoms with Crippen molar-refractivity contribution in [2.45, 2.75) is 19.0 Å². The molecule has 0 aliphatic carbocycles. The zero-order valence-electron chi connectivity index (χ0n) is 8.56. The zero-order valence-corrected chi connectivity index (χ0v) is 10.2. The normalized spacial score (nSPS) is 19.8. The molecule has 0 aromatic carbocycles. The molecule has 1 atom stereocenters. The van der Waals surface area contributed by atoms with Crippen LogP contribution in [0.4, 0.5) is 0 Å². The largest absolute Gasteiger partial charge is 0.467 e. The first-order chi connectivity index (χ1) is 7.75. The molecule has 0 spiro atoms. The average molecular weight is 256 g/mol. The molecule has 16 heavy (non-hydrogen) atoms. The molecule has 0 amide bonds. The van der Waals surface area contributed by atoms with Gasteiger partial charge in [0.1, 0.15) is 5.76 Å². The standard InChI is InChI=1S/C10H12N2O2S2/c13-9-8(3-5-16-9)12-10(15)11-6-7-2-1-4-14-7/h1-2,4,8H,3,5-6H2,(H2,11,12,15). The Bertz CT molecular complexity index is 378. The van der Waals surface area contributed by atoms with Crippen LogP contribution < -0.4 is 10.6 Å². The number of nitrogens with one attached hydrogen (secondary N) is 2. The highest BCUT2D eigenvalue weighted by Crippen LogP contribution is 2.19. The monoisotopic (exact) mass is 256 g/mol. The Kier molecular flexibility index (Phi) is 3.84. The fraction of sp³-hybridized carbons (Fsp3) is 0.400. The van der Waals surface area contributed by atoms with Crippen LogP contribution in [0.15, 0.2) is 22.8 Å². The van der Waals surface area contributed by atoms with Gasteiger partial charge >= 0.3 is 0 Å². The second-order valence-electron chi connectivity index (χ2n) is 3.42. The van der Waals surface area contributed by atoms with E-state index in [1.54, 1.807) is 6.26 Å². The molecule has 1 unspecified atom stereocenters. The highest BCUT2D eigenvalue weighted by atomic mass is 32.2. The van der Waals surface area contributed by atoms with Crippen LogP contribution in [0.3, 0.4) is 0 Å². The summed E-state index contributed by atoms with van der Waals surface area (Å²) in [6.45, 7) is 0.535. The Morgan fingerprint density at radius 3 is 3.19 bits per heavy atom. The Morgan fingerprint density at radius 2 is 2.56 bits per heavy atom. The highest BCUT2D eigenvalue weighted by Gasteiger charge is 2.25. The second-order valence-corrected chi connectivity index (χ2v) is 4.92. The van der Waals surface area contributed by atoms with Gasteiger partial charge in [-0.05, 0) is 30.8 Å². The predicted octanol–water partition coefficient (Wildman–Crippen LogP) is 1.28. The van der Waals surface area contributed by atoms with Crippen molar-refractivity contribution in [3.8, 4) is 0 Å². The van der Waals surface area contributed by atoms with Crippen LogP contribution in [-0.4, -0.2) is 22.0 Å².